The number of non-ortho nitro benzene ring substituents is 1. The minimum absolute atomic E-state index is 0.0965. The smallest absolute Gasteiger partial charge is 0.321 e. The van der Waals surface area contributed by atoms with Crippen molar-refractivity contribution in [2.24, 2.45) is 0 Å². The highest BCUT2D eigenvalue weighted by Crippen LogP contribution is 2.12. The number of rotatable bonds is 5. The molecule has 0 aliphatic carbocycles. The number of benzene rings is 1. The Balaban J connectivity index is 1.85. The molecule has 0 saturated heterocycles. The number of nitro benzene ring substituents is 1. The number of aryl methyl sites for hydroxylation is 1. The van der Waals surface area contributed by atoms with Crippen molar-refractivity contribution < 1.29 is 9.45 Å². The molecule has 2 aromatic rings. The molecule has 0 atom stereocenters. The number of anilines is 1. The van der Waals surface area contributed by atoms with Gasteiger partial charge in [0.2, 0.25) is 0 Å². The van der Waals surface area contributed by atoms with E-state index in [0.717, 1.165) is 12.0 Å². The van der Waals surface area contributed by atoms with Crippen LogP contribution in [0.3, 0.4) is 0 Å². The van der Waals surface area contributed by atoms with E-state index in [1.807, 2.05) is 0 Å². The van der Waals surface area contributed by atoms with E-state index in [-0.39, 0.29) is 5.69 Å². The molecule has 0 fully saturated rings. The zero-order valence-corrected chi connectivity index (χ0v) is 9.79. The first-order valence-corrected chi connectivity index (χ1v) is 5.42. The molecule has 1 aromatic carbocycles. The van der Waals surface area contributed by atoms with Gasteiger partial charge in [-0.05, 0) is 18.9 Å². The van der Waals surface area contributed by atoms with Crippen LogP contribution in [-0.4, -0.2) is 21.6 Å². The summed E-state index contributed by atoms with van der Waals surface area (Å²) in [6, 6.07) is 6.84. The van der Waals surface area contributed by atoms with Crippen molar-refractivity contribution in [3.63, 3.8) is 0 Å². The molecule has 94 valence electrons. The molecule has 1 N–H and O–H groups in total. The quantitative estimate of drug-likeness (QED) is 0.641. The molecule has 7 nitrogen and oxygen atoms in total. The van der Waals surface area contributed by atoms with Gasteiger partial charge in [0.1, 0.15) is 0 Å². The van der Waals surface area contributed by atoms with E-state index in [2.05, 4.69) is 15.5 Å². The van der Waals surface area contributed by atoms with Crippen LogP contribution in [0.5, 0.6) is 0 Å². The van der Waals surface area contributed by atoms with Crippen molar-refractivity contribution in [1.29, 1.82) is 0 Å². The van der Waals surface area contributed by atoms with Crippen LogP contribution in [0.2, 0.25) is 0 Å². The van der Waals surface area contributed by atoms with E-state index in [0.29, 0.717) is 18.4 Å². The fourth-order valence-corrected chi connectivity index (χ4v) is 1.47. The minimum atomic E-state index is -0.413. The molecule has 0 radical (unpaired) electrons. The number of nitrogens with one attached hydrogen (secondary N) is 1. The number of hydrogen-bond acceptors (Lipinski definition) is 6. The fourth-order valence-electron chi connectivity index (χ4n) is 1.47. The lowest BCUT2D eigenvalue weighted by molar-refractivity contribution is -0.384. The highest BCUT2D eigenvalue weighted by molar-refractivity contribution is 5.33. The Kier molecular flexibility index (Phi) is 3.52. The monoisotopic (exact) mass is 248 g/mol. The lowest BCUT2D eigenvalue weighted by Crippen LogP contribution is -2.05. The Morgan fingerprint density at radius 3 is 2.67 bits per heavy atom. The van der Waals surface area contributed by atoms with Gasteiger partial charge in [0.05, 0.1) is 4.92 Å². The number of hydrogen-bond donors (Lipinski definition) is 1. The van der Waals surface area contributed by atoms with E-state index in [4.69, 9.17) is 4.52 Å². The maximum Gasteiger partial charge on any atom is 0.321 e. The number of nitrogens with zero attached hydrogens (tertiary/aromatic N) is 3. The van der Waals surface area contributed by atoms with Crippen molar-refractivity contribution >= 4 is 11.7 Å². The van der Waals surface area contributed by atoms with Crippen molar-refractivity contribution in [3.05, 3.63) is 45.8 Å². The van der Waals surface area contributed by atoms with Crippen LogP contribution in [0.15, 0.2) is 28.8 Å². The molecular weight excluding hydrogens is 236 g/mol. The van der Waals surface area contributed by atoms with Crippen LogP contribution in [0.25, 0.3) is 0 Å². The summed E-state index contributed by atoms with van der Waals surface area (Å²) >= 11 is 0. The Bertz CT molecular complexity index is 535. The maximum atomic E-state index is 10.5. The van der Waals surface area contributed by atoms with Gasteiger partial charge in [-0.25, -0.2) is 0 Å². The topological polar surface area (TPSA) is 94.1 Å². The van der Waals surface area contributed by atoms with Crippen LogP contribution in [0.4, 0.5) is 11.7 Å². The average molecular weight is 248 g/mol. The summed E-state index contributed by atoms with van der Waals surface area (Å²) in [6.45, 7) is 2.37. The fraction of sp³-hybridized carbons (Fsp3) is 0.273. The van der Waals surface area contributed by atoms with E-state index in [1.54, 1.807) is 19.1 Å². The molecule has 0 amide bonds. The van der Waals surface area contributed by atoms with E-state index in [9.17, 15) is 10.1 Å². The van der Waals surface area contributed by atoms with Crippen molar-refractivity contribution in [3.8, 4) is 0 Å². The number of nitro groups is 1. The molecule has 0 spiro atoms. The SMILES string of the molecule is Cc1noc(NCCc2ccc([N+](=O)[O-])cc2)n1. The van der Waals surface area contributed by atoms with Gasteiger partial charge in [-0.15, -0.1) is 0 Å². The summed E-state index contributed by atoms with van der Waals surface area (Å²) in [6.07, 6.45) is 0.722. The minimum Gasteiger partial charge on any atom is -0.337 e. The Hall–Kier alpha value is -2.44. The Labute approximate surface area is 103 Å². The van der Waals surface area contributed by atoms with E-state index in [1.165, 1.54) is 12.1 Å². The third kappa shape index (κ3) is 3.03. The maximum absolute atomic E-state index is 10.5. The molecule has 0 unspecified atom stereocenters. The lowest BCUT2D eigenvalue weighted by atomic mass is 10.1. The van der Waals surface area contributed by atoms with E-state index < -0.39 is 4.92 Å². The molecule has 1 heterocycles. The predicted molar refractivity (Wildman–Crippen MR) is 64.3 cm³/mol. The molecule has 1 aromatic heterocycles. The van der Waals surface area contributed by atoms with Gasteiger partial charge in [-0.2, -0.15) is 4.98 Å². The highest BCUT2D eigenvalue weighted by atomic mass is 16.6. The van der Waals surface area contributed by atoms with Gasteiger partial charge in [0, 0.05) is 18.7 Å². The summed E-state index contributed by atoms with van der Waals surface area (Å²) in [5.41, 5.74) is 1.10. The second-order valence-electron chi connectivity index (χ2n) is 3.75. The molecule has 2 rings (SSSR count). The highest BCUT2D eigenvalue weighted by Gasteiger charge is 2.04. The van der Waals surface area contributed by atoms with Crippen molar-refractivity contribution in [1.82, 2.24) is 10.1 Å². The van der Waals surface area contributed by atoms with Crippen LogP contribution in [0, 0.1) is 17.0 Å². The predicted octanol–water partition coefficient (Wildman–Crippen LogP) is 1.94. The summed E-state index contributed by atoms with van der Waals surface area (Å²) in [5, 5.41) is 17.1. The molecular formula is C11H12N4O3. The zero-order valence-electron chi connectivity index (χ0n) is 9.79. The average Bonchev–Trinajstić information content (AvgIpc) is 2.76. The molecule has 0 bridgehead atoms. The van der Waals surface area contributed by atoms with Gasteiger partial charge < -0.3 is 9.84 Å². The summed E-state index contributed by atoms with van der Waals surface area (Å²) < 4.78 is 4.89. The Morgan fingerprint density at radius 2 is 2.11 bits per heavy atom. The first kappa shape index (κ1) is 12.0. The standard InChI is InChI=1S/C11H12N4O3/c1-8-13-11(18-14-8)12-7-6-9-2-4-10(5-3-9)15(16)17/h2-5H,6-7H2,1H3,(H,12,13,14). The summed E-state index contributed by atoms with van der Waals surface area (Å²) in [5.74, 6) is 0.577. The van der Waals surface area contributed by atoms with Gasteiger partial charge >= 0.3 is 6.01 Å². The first-order chi connectivity index (χ1) is 8.65. The summed E-state index contributed by atoms with van der Waals surface area (Å²) in [4.78, 5) is 14.1. The summed E-state index contributed by atoms with van der Waals surface area (Å²) in [7, 11) is 0. The molecule has 0 aliphatic rings. The van der Waals surface area contributed by atoms with Gasteiger partial charge in [0.15, 0.2) is 5.82 Å². The third-order valence-electron chi connectivity index (χ3n) is 2.36. The zero-order chi connectivity index (χ0) is 13.0. The molecule has 0 aliphatic heterocycles. The second kappa shape index (κ2) is 5.26. The lowest BCUT2D eigenvalue weighted by Gasteiger charge is -2.01. The largest absolute Gasteiger partial charge is 0.337 e. The molecule has 7 heteroatoms. The first-order valence-electron chi connectivity index (χ1n) is 5.42. The number of aromatic nitrogens is 2. The normalized spacial score (nSPS) is 10.3. The van der Waals surface area contributed by atoms with Gasteiger partial charge in [-0.1, -0.05) is 17.3 Å². The van der Waals surface area contributed by atoms with Gasteiger partial charge in [-0.3, -0.25) is 10.1 Å². The van der Waals surface area contributed by atoms with Crippen molar-refractivity contribution in [2.45, 2.75) is 13.3 Å². The van der Waals surface area contributed by atoms with Crippen LogP contribution < -0.4 is 5.32 Å². The van der Waals surface area contributed by atoms with Crippen LogP contribution in [-0.2, 0) is 6.42 Å². The van der Waals surface area contributed by atoms with Crippen LogP contribution in [0.1, 0.15) is 11.4 Å². The van der Waals surface area contributed by atoms with Gasteiger partial charge in [0.25, 0.3) is 5.69 Å². The Morgan fingerprint density at radius 1 is 1.39 bits per heavy atom. The molecule has 0 saturated carbocycles. The van der Waals surface area contributed by atoms with Crippen LogP contribution >= 0.6 is 0 Å². The van der Waals surface area contributed by atoms with Crippen molar-refractivity contribution in [2.75, 3.05) is 11.9 Å². The van der Waals surface area contributed by atoms with E-state index >= 15 is 0 Å². The molecule has 18 heavy (non-hydrogen) atoms. The second-order valence-corrected chi connectivity index (χ2v) is 3.75. The third-order valence-corrected chi connectivity index (χ3v) is 2.36.